The Balaban J connectivity index is 1.90. The number of allylic oxidation sites excluding steroid dienone is 4. The van der Waals surface area contributed by atoms with Gasteiger partial charge in [-0.1, -0.05) is 13.8 Å². The molecule has 2 N–H and O–H groups in total. The maximum atomic E-state index is 4.99. The Morgan fingerprint density at radius 1 is 0.567 bits per heavy atom. The molecule has 3 aromatic heterocycles. The normalized spacial score (nSPS) is 14.0. The van der Waals surface area contributed by atoms with Crippen LogP contribution in [0.15, 0.2) is 48.5 Å². The number of hydrogen-bond donors (Lipinski definition) is 2. The zero-order chi connectivity index (χ0) is 20.8. The van der Waals surface area contributed by atoms with E-state index in [1.165, 1.54) is 22.3 Å². The van der Waals surface area contributed by atoms with E-state index in [0.29, 0.717) is 0 Å². The van der Waals surface area contributed by atoms with E-state index in [1.54, 1.807) is 0 Å². The first kappa shape index (κ1) is 18.6. The third-order valence-electron chi connectivity index (χ3n) is 6.11. The van der Waals surface area contributed by atoms with Crippen LogP contribution < -0.4 is 0 Å². The lowest BCUT2D eigenvalue weighted by Gasteiger charge is -2.00. The minimum Gasteiger partial charge on any atom is -0.355 e. The predicted octanol–water partition coefficient (Wildman–Crippen LogP) is 7.00. The molecule has 0 atom stereocenters. The Labute approximate surface area is 176 Å². The van der Waals surface area contributed by atoms with Gasteiger partial charge in [0.2, 0.25) is 0 Å². The van der Waals surface area contributed by atoms with Crippen molar-refractivity contribution in [3.63, 3.8) is 0 Å². The molecule has 150 valence electrons. The standard InChI is InChI=1S/C26H26N4/c1-5-21-15(3)23-14-24-16(4)22(6-2)26(30-24)13-20-10-8-18(28-20)11-17-7-9-19(27-17)12-25(21)29-23/h7-14,27-28H,5-6H2,1-4H3. The highest BCUT2D eigenvalue weighted by molar-refractivity contribution is 5.95. The van der Waals surface area contributed by atoms with Crippen molar-refractivity contribution < 1.29 is 0 Å². The molecule has 5 rings (SSSR count). The topological polar surface area (TPSA) is 57.4 Å². The van der Waals surface area contributed by atoms with Crippen molar-refractivity contribution >= 4 is 44.4 Å². The van der Waals surface area contributed by atoms with Crippen LogP contribution in [0, 0.1) is 0 Å². The number of fused-ring (bicyclic) bond motifs is 8. The fourth-order valence-corrected chi connectivity index (χ4v) is 4.46. The highest BCUT2D eigenvalue weighted by Crippen LogP contribution is 2.35. The van der Waals surface area contributed by atoms with E-state index in [0.717, 1.165) is 57.7 Å². The zero-order valence-corrected chi connectivity index (χ0v) is 17.9. The fraction of sp³-hybridized carbons (Fsp3) is 0.231. The van der Waals surface area contributed by atoms with E-state index in [-0.39, 0.29) is 0 Å². The molecule has 0 radical (unpaired) electrons. The second kappa shape index (κ2) is 7.13. The fourth-order valence-electron chi connectivity index (χ4n) is 4.46. The van der Waals surface area contributed by atoms with E-state index in [4.69, 9.17) is 9.97 Å². The smallest absolute Gasteiger partial charge is 0.0693 e. The first-order valence-electron chi connectivity index (χ1n) is 10.6. The van der Waals surface area contributed by atoms with Gasteiger partial charge in [-0.3, -0.25) is 0 Å². The zero-order valence-electron chi connectivity index (χ0n) is 17.9. The van der Waals surface area contributed by atoms with Gasteiger partial charge in [-0.2, -0.15) is 0 Å². The summed E-state index contributed by atoms with van der Waals surface area (Å²) >= 11 is 0. The lowest BCUT2D eigenvalue weighted by Crippen LogP contribution is -1.82. The van der Waals surface area contributed by atoms with Crippen molar-refractivity contribution in [1.29, 1.82) is 0 Å². The molecule has 5 heterocycles. The van der Waals surface area contributed by atoms with E-state index in [1.807, 2.05) is 0 Å². The Morgan fingerprint density at radius 3 is 1.37 bits per heavy atom. The van der Waals surface area contributed by atoms with Crippen molar-refractivity contribution in [2.75, 3.05) is 0 Å². The minimum absolute atomic E-state index is 0.954. The third kappa shape index (κ3) is 3.09. The summed E-state index contributed by atoms with van der Waals surface area (Å²) in [5, 5.41) is 0. The number of aromatic nitrogens is 4. The molecule has 2 aliphatic heterocycles. The van der Waals surface area contributed by atoms with Gasteiger partial charge >= 0.3 is 0 Å². The summed E-state index contributed by atoms with van der Waals surface area (Å²) in [7, 11) is 0. The van der Waals surface area contributed by atoms with Crippen molar-refractivity contribution in [3.05, 3.63) is 71.3 Å². The Hall–Kier alpha value is -3.40. The molecular weight excluding hydrogens is 368 g/mol. The van der Waals surface area contributed by atoms with Gasteiger partial charge in [-0.15, -0.1) is 0 Å². The second-order valence-electron chi connectivity index (χ2n) is 7.99. The largest absolute Gasteiger partial charge is 0.355 e. The van der Waals surface area contributed by atoms with Crippen LogP contribution in [0.2, 0.25) is 0 Å². The molecule has 3 aromatic rings. The summed E-state index contributed by atoms with van der Waals surface area (Å²) in [6, 6.07) is 17.0. The van der Waals surface area contributed by atoms with Crippen molar-refractivity contribution in [2.24, 2.45) is 0 Å². The molecular formula is C26H26N4. The maximum Gasteiger partial charge on any atom is 0.0693 e. The number of hydrogen-bond acceptors (Lipinski definition) is 2. The number of nitrogens with zero attached hydrogens (tertiary/aromatic N) is 2. The summed E-state index contributed by atoms with van der Waals surface area (Å²) in [4.78, 5) is 17.0. The molecule has 0 fully saturated rings. The summed E-state index contributed by atoms with van der Waals surface area (Å²) in [5.74, 6) is 0. The third-order valence-corrected chi connectivity index (χ3v) is 6.11. The molecule has 0 aromatic carbocycles. The first-order valence-corrected chi connectivity index (χ1v) is 10.6. The Kier molecular flexibility index (Phi) is 4.43. The SMILES string of the molecule is CCC1=C(C)c2cc3nc(cc4ccc(cc5ccc(cc1n2)[nH]5)[nH]4)C(CC)=C3C. The first-order chi connectivity index (χ1) is 14.6. The maximum absolute atomic E-state index is 4.99. The molecule has 30 heavy (non-hydrogen) atoms. The van der Waals surface area contributed by atoms with Crippen LogP contribution in [-0.4, -0.2) is 19.9 Å². The molecule has 4 nitrogen and oxygen atoms in total. The molecule has 0 unspecified atom stereocenters. The van der Waals surface area contributed by atoms with E-state index in [2.05, 4.69) is 86.2 Å². The summed E-state index contributed by atoms with van der Waals surface area (Å²) in [5.41, 5.74) is 13.4. The molecule has 0 saturated carbocycles. The van der Waals surface area contributed by atoms with E-state index in [9.17, 15) is 0 Å². The van der Waals surface area contributed by atoms with Crippen molar-refractivity contribution in [1.82, 2.24) is 19.9 Å². The highest BCUT2D eigenvalue weighted by atomic mass is 14.8. The van der Waals surface area contributed by atoms with Crippen LogP contribution in [0.1, 0.15) is 63.3 Å². The highest BCUT2D eigenvalue weighted by Gasteiger charge is 2.18. The molecule has 0 amide bonds. The number of H-pyrrole nitrogens is 2. The van der Waals surface area contributed by atoms with E-state index >= 15 is 0 Å². The number of aromatic amines is 2. The number of rotatable bonds is 2. The predicted molar refractivity (Wildman–Crippen MR) is 127 cm³/mol. The van der Waals surface area contributed by atoms with Crippen molar-refractivity contribution in [3.8, 4) is 0 Å². The summed E-state index contributed by atoms with van der Waals surface area (Å²) in [6.07, 6.45) is 1.91. The lowest BCUT2D eigenvalue weighted by molar-refractivity contribution is 1.20. The van der Waals surface area contributed by atoms with Crippen LogP contribution in [0.4, 0.5) is 0 Å². The van der Waals surface area contributed by atoms with Gasteiger partial charge in [-0.05, 0) is 97.5 Å². The van der Waals surface area contributed by atoms with Crippen LogP contribution >= 0.6 is 0 Å². The Bertz CT molecular complexity index is 1280. The van der Waals surface area contributed by atoms with Gasteiger partial charge in [0.1, 0.15) is 0 Å². The molecule has 0 aliphatic carbocycles. The van der Waals surface area contributed by atoms with Gasteiger partial charge in [-0.25, -0.2) is 9.97 Å². The van der Waals surface area contributed by atoms with Gasteiger partial charge < -0.3 is 9.97 Å². The number of nitrogens with one attached hydrogen (secondary N) is 2. The lowest BCUT2D eigenvalue weighted by atomic mass is 10.0. The molecule has 0 saturated heterocycles. The van der Waals surface area contributed by atoms with Crippen LogP contribution in [-0.2, 0) is 0 Å². The van der Waals surface area contributed by atoms with Gasteiger partial charge in [0.15, 0.2) is 0 Å². The monoisotopic (exact) mass is 394 g/mol. The van der Waals surface area contributed by atoms with Gasteiger partial charge in [0.05, 0.1) is 22.8 Å². The second-order valence-corrected chi connectivity index (χ2v) is 7.99. The minimum atomic E-state index is 0.954. The van der Waals surface area contributed by atoms with Crippen LogP contribution in [0.3, 0.4) is 0 Å². The quantitative estimate of drug-likeness (QED) is 0.492. The average molecular weight is 395 g/mol. The van der Waals surface area contributed by atoms with Crippen LogP contribution in [0.5, 0.6) is 0 Å². The van der Waals surface area contributed by atoms with Gasteiger partial charge in [0.25, 0.3) is 0 Å². The average Bonchev–Trinajstić information content (AvgIpc) is 3.47. The molecule has 2 aliphatic rings. The van der Waals surface area contributed by atoms with Crippen LogP contribution in [0.25, 0.3) is 44.4 Å². The Morgan fingerprint density at radius 2 is 0.967 bits per heavy atom. The molecule has 4 heteroatoms. The van der Waals surface area contributed by atoms with E-state index < -0.39 is 0 Å². The molecule has 8 bridgehead atoms. The van der Waals surface area contributed by atoms with Gasteiger partial charge in [0, 0.05) is 22.1 Å². The molecule has 0 spiro atoms. The van der Waals surface area contributed by atoms with Crippen molar-refractivity contribution in [2.45, 2.75) is 40.5 Å². The summed E-state index contributed by atoms with van der Waals surface area (Å²) < 4.78 is 0. The summed E-state index contributed by atoms with van der Waals surface area (Å²) in [6.45, 7) is 8.73.